The van der Waals surface area contributed by atoms with Gasteiger partial charge in [-0.1, -0.05) is 18.2 Å². The van der Waals surface area contributed by atoms with Crippen molar-refractivity contribution in [2.24, 2.45) is 0 Å². The van der Waals surface area contributed by atoms with Gasteiger partial charge >= 0.3 is 0 Å². The van der Waals surface area contributed by atoms with Gasteiger partial charge in [-0.25, -0.2) is 15.0 Å². The van der Waals surface area contributed by atoms with Gasteiger partial charge in [-0.2, -0.15) is 0 Å². The zero-order valence-corrected chi connectivity index (χ0v) is 19.5. The van der Waals surface area contributed by atoms with Crippen LogP contribution in [0.3, 0.4) is 0 Å². The van der Waals surface area contributed by atoms with Crippen LogP contribution in [0.1, 0.15) is 5.56 Å². The van der Waals surface area contributed by atoms with Gasteiger partial charge in [-0.15, -0.1) is 11.3 Å². The molecule has 0 fully saturated rings. The Balaban J connectivity index is 1.50. The van der Waals surface area contributed by atoms with Crippen molar-refractivity contribution >= 4 is 43.4 Å². The predicted molar refractivity (Wildman–Crippen MR) is 141 cm³/mol. The van der Waals surface area contributed by atoms with E-state index in [2.05, 4.69) is 69.3 Å². The Morgan fingerprint density at radius 2 is 1.69 bits per heavy atom. The van der Waals surface area contributed by atoms with E-state index in [-0.39, 0.29) is 0 Å². The minimum Gasteiger partial charge on any atom is -0.346 e. The molecule has 2 aromatic carbocycles. The number of aromatic nitrogens is 6. The van der Waals surface area contributed by atoms with E-state index in [1.165, 1.54) is 0 Å². The fourth-order valence-electron chi connectivity index (χ4n) is 4.79. The summed E-state index contributed by atoms with van der Waals surface area (Å²) in [6.07, 6.45) is 7.21. The van der Waals surface area contributed by atoms with Crippen LogP contribution in [0.15, 0.2) is 85.0 Å². The summed E-state index contributed by atoms with van der Waals surface area (Å²) in [4.78, 5) is 26.3. The molecule has 0 spiro atoms. The van der Waals surface area contributed by atoms with Crippen LogP contribution in [-0.4, -0.2) is 29.9 Å². The van der Waals surface area contributed by atoms with Crippen LogP contribution < -0.4 is 0 Å². The van der Waals surface area contributed by atoms with Crippen molar-refractivity contribution in [1.29, 1.82) is 0 Å². The third-order valence-corrected chi connectivity index (χ3v) is 7.20. The molecular weight excluding hydrogens is 452 g/mol. The number of rotatable bonds is 3. The lowest BCUT2D eigenvalue weighted by Gasteiger charge is -2.15. The molecule has 7 aromatic rings. The van der Waals surface area contributed by atoms with Crippen LogP contribution in [-0.2, 0) is 0 Å². The third kappa shape index (κ3) is 3.13. The average molecular weight is 471 g/mol. The van der Waals surface area contributed by atoms with Crippen molar-refractivity contribution in [1.82, 2.24) is 29.9 Å². The van der Waals surface area contributed by atoms with E-state index >= 15 is 0 Å². The second kappa shape index (κ2) is 7.78. The normalized spacial score (nSPS) is 11.6. The molecule has 0 radical (unpaired) electrons. The van der Waals surface area contributed by atoms with Gasteiger partial charge in [-0.3, -0.25) is 9.97 Å². The van der Waals surface area contributed by atoms with Gasteiger partial charge in [0.05, 0.1) is 32.8 Å². The first-order chi connectivity index (χ1) is 17.3. The Kier molecular flexibility index (Phi) is 4.43. The highest BCUT2D eigenvalue weighted by Crippen LogP contribution is 2.40. The lowest BCUT2D eigenvalue weighted by Crippen LogP contribution is -1.96. The fraction of sp³-hybridized carbons (Fsp3) is 0.0357. The molecule has 5 aromatic heterocycles. The molecule has 0 saturated carbocycles. The minimum atomic E-state index is 0.810. The summed E-state index contributed by atoms with van der Waals surface area (Å²) in [6, 6.07) is 18.8. The van der Waals surface area contributed by atoms with E-state index in [0.717, 1.165) is 71.4 Å². The van der Waals surface area contributed by atoms with Crippen LogP contribution in [0.25, 0.3) is 65.8 Å². The number of hydrogen-bond acceptors (Lipinski definition) is 6. The summed E-state index contributed by atoms with van der Waals surface area (Å²) in [6.45, 7) is 2.13. The van der Waals surface area contributed by atoms with Crippen LogP contribution in [0.5, 0.6) is 0 Å². The van der Waals surface area contributed by atoms with E-state index in [0.29, 0.717) is 0 Å². The highest BCUT2D eigenvalue weighted by Gasteiger charge is 2.19. The molecule has 35 heavy (non-hydrogen) atoms. The van der Waals surface area contributed by atoms with Gasteiger partial charge in [0.15, 0.2) is 0 Å². The molecule has 0 unspecified atom stereocenters. The third-order valence-electron chi connectivity index (χ3n) is 6.41. The van der Waals surface area contributed by atoms with Gasteiger partial charge in [0.1, 0.15) is 12.0 Å². The first-order valence-electron chi connectivity index (χ1n) is 11.2. The molecule has 6 nitrogen and oxygen atoms in total. The molecule has 7 rings (SSSR count). The SMILES string of the molecule is Cc1ccc2c(-c3ccc4ncsc4c3)nccc2c1-c1ncccc1-c1ncnc2[nH]ccc12. The van der Waals surface area contributed by atoms with Gasteiger partial charge in [0, 0.05) is 46.1 Å². The molecule has 1 N–H and O–H groups in total. The van der Waals surface area contributed by atoms with Crippen molar-refractivity contribution in [2.45, 2.75) is 6.92 Å². The van der Waals surface area contributed by atoms with Crippen molar-refractivity contribution in [3.8, 4) is 33.8 Å². The lowest BCUT2D eigenvalue weighted by atomic mass is 9.92. The van der Waals surface area contributed by atoms with Gasteiger partial charge in [-0.05, 0) is 54.3 Å². The zero-order chi connectivity index (χ0) is 23.4. The van der Waals surface area contributed by atoms with Gasteiger partial charge in [0.2, 0.25) is 0 Å². The van der Waals surface area contributed by atoms with Gasteiger partial charge < -0.3 is 4.98 Å². The number of nitrogens with zero attached hydrogens (tertiary/aromatic N) is 5. The molecule has 0 aliphatic rings. The Morgan fingerprint density at radius 1 is 0.743 bits per heavy atom. The Hall–Kier alpha value is -4.49. The number of hydrogen-bond donors (Lipinski definition) is 1. The molecular formula is C28H18N6S. The standard InChI is InChI=1S/C28H18N6S/c1-16-4-6-19-18(8-11-30-25(19)17-5-7-22-23(13-17)35-15-34-22)24(16)27-20(3-2-10-29-27)26-21-9-12-31-28(21)33-14-32-26/h2-15H,1H3,(H,31,32,33). The average Bonchev–Trinajstić information content (AvgIpc) is 3.57. The van der Waals surface area contributed by atoms with Crippen molar-refractivity contribution in [3.05, 3.63) is 90.6 Å². The predicted octanol–water partition coefficient (Wildman–Crippen LogP) is 6.82. The van der Waals surface area contributed by atoms with E-state index in [1.807, 2.05) is 36.2 Å². The summed E-state index contributed by atoms with van der Waals surface area (Å²) in [7, 11) is 0. The molecule has 0 amide bonds. The minimum absolute atomic E-state index is 0.810. The Labute approximate surface area is 204 Å². The van der Waals surface area contributed by atoms with Gasteiger partial charge in [0.25, 0.3) is 0 Å². The number of aromatic amines is 1. The second-order valence-corrected chi connectivity index (χ2v) is 9.30. The van der Waals surface area contributed by atoms with Crippen LogP contribution in [0.2, 0.25) is 0 Å². The monoisotopic (exact) mass is 470 g/mol. The number of aryl methyl sites for hydroxylation is 1. The quantitative estimate of drug-likeness (QED) is 0.306. The molecule has 0 aliphatic carbocycles. The summed E-state index contributed by atoms with van der Waals surface area (Å²) < 4.78 is 1.15. The summed E-state index contributed by atoms with van der Waals surface area (Å²) in [5.41, 5.74) is 10.7. The highest BCUT2D eigenvalue weighted by molar-refractivity contribution is 7.16. The number of nitrogens with one attached hydrogen (secondary N) is 1. The molecule has 0 saturated heterocycles. The first-order valence-corrected chi connectivity index (χ1v) is 12.1. The number of pyridine rings is 2. The molecule has 0 aliphatic heterocycles. The van der Waals surface area contributed by atoms with Crippen LogP contribution >= 0.6 is 11.3 Å². The number of thiazole rings is 1. The maximum Gasteiger partial charge on any atom is 0.141 e. The van der Waals surface area contributed by atoms with E-state index < -0.39 is 0 Å². The highest BCUT2D eigenvalue weighted by atomic mass is 32.1. The summed E-state index contributed by atoms with van der Waals surface area (Å²) in [5.74, 6) is 0. The maximum absolute atomic E-state index is 4.87. The van der Waals surface area contributed by atoms with E-state index in [4.69, 9.17) is 9.97 Å². The fourth-order valence-corrected chi connectivity index (χ4v) is 5.51. The molecule has 5 heterocycles. The molecule has 0 atom stereocenters. The van der Waals surface area contributed by atoms with Crippen LogP contribution in [0, 0.1) is 6.92 Å². The first kappa shape index (κ1) is 19.9. The van der Waals surface area contributed by atoms with E-state index in [1.54, 1.807) is 17.7 Å². The molecule has 0 bridgehead atoms. The number of H-pyrrole nitrogens is 1. The number of benzene rings is 2. The Morgan fingerprint density at radius 3 is 2.66 bits per heavy atom. The topological polar surface area (TPSA) is 80.2 Å². The summed E-state index contributed by atoms with van der Waals surface area (Å²) >= 11 is 1.64. The largest absolute Gasteiger partial charge is 0.346 e. The number of fused-ring (bicyclic) bond motifs is 3. The molecule has 166 valence electrons. The van der Waals surface area contributed by atoms with Crippen LogP contribution in [0.4, 0.5) is 0 Å². The molecule has 7 heteroatoms. The lowest BCUT2D eigenvalue weighted by molar-refractivity contribution is 1.20. The van der Waals surface area contributed by atoms with Crippen molar-refractivity contribution in [2.75, 3.05) is 0 Å². The smallest absolute Gasteiger partial charge is 0.141 e. The Bertz CT molecular complexity index is 1880. The van der Waals surface area contributed by atoms with Crippen molar-refractivity contribution in [3.63, 3.8) is 0 Å². The summed E-state index contributed by atoms with van der Waals surface area (Å²) in [5, 5.41) is 3.17. The second-order valence-electron chi connectivity index (χ2n) is 8.41. The maximum atomic E-state index is 4.87. The van der Waals surface area contributed by atoms with Crippen molar-refractivity contribution < 1.29 is 0 Å². The van der Waals surface area contributed by atoms with E-state index in [9.17, 15) is 0 Å². The zero-order valence-electron chi connectivity index (χ0n) is 18.7.